The first-order valence-electron chi connectivity index (χ1n) is 5.01. The Hall–Kier alpha value is -0.820. The van der Waals surface area contributed by atoms with Crippen molar-refractivity contribution in [1.82, 2.24) is 0 Å². The van der Waals surface area contributed by atoms with E-state index < -0.39 is 0 Å². The van der Waals surface area contributed by atoms with Gasteiger partial charge in [0.25, 0.3) is 0 Å². The highest BCUT2D eigenvalue weighted by Crippen LogP contribution is 2.30. The van der Waals surface area contributed by atoms with E-state index in [0.717, 1.165) is 6.42 Å². The quantitative estimate of drug-likeness (QED) is 0.642. The summed E-state index contributed by atoms with van der Waals surface area (Å²) < 4.78 is 1.41. The third-order valence-corrected chi connectivity index (χ3v) is 3.29. The summed E-state index contributed by atoms with van der Waals surface area (Å²) in [4.78, 5) is 0. The zero-order chi connectivity index (χ0) is 10.2. The molecule has 0 fully saturated rings. The molecule has 0 aliphatic heterocycles. The summed E-state index contributed by atoms with van der Waals surface area (Å²) >= 11 is 1.85. The molecular weight excluding hydrogens is 188 g/mol. The summed E-state index contributed by atoms with van der Waals surface area (Å²) in [5.74, 6) is 0. The van der Waals surface area contributed by atoms with Crippen LogP contribution in [0.25, 0.3) is 10.1 Å². The lowest BCUT2D eigenvalue weighted by atomic mass is 9.88. The molecule has 14 heavy (non-hydrogen) atoms. The maximum absolute atomic E-state index is 2.30. The van der Waals surface area contributed by atoms with Crippen LogP contribution >= 0.6 is 11.3 Å². The van der Waals surface area contributed by atoms with Crippen LogP contribution < -0.4 is 0 Å². The van der Waals surface area contributed by atoms with Gasteiger partial charge in [-0.3, -0.25) is 0 Å². The topological polar surface area (TPSA) is 0 Å². The van der Waals surface area contributed by atoms with Gasteiger partial charge >= 0.3 is 0 Å². The van der Waals surface area contributed by atoms with Crippen LogP contribution in [0.3, 0.4) is 0 Å². The van der Waals surface area contributed by atoms with Crippen molar-refractivity contribution in [3.63, 3.8) is 0 Å². The molecule has 0 saturated heterocycles. The van der Waals surface area contributed by atoms with Crippen LogP contribution in [-0.2, 0) is 6.42 Å². The molecule has 1 heteroatoms. The standard InChI is InChI=1S/C13H16S/c1-13(2,3)8-10-9-14-12-7-5-4-6-11(10)12/h4-7,9H,8H2,1-3H3. The lowest BCUT2D eigenvalue weighted by Gasteiger charge is -2.17. The average molecular weight is 204 g/mol. The van der Waals surface area contributed by atoms with Gasteiger partial charge in [0.2, 0.25) is 0 Å². The summed E-state index contributed by atoms with van der Waals surface area (Å²) in [6, 6.07) is 8.67. The highest BCUT2D eigenvalue weighted by atomic mass is 32.1. The summed E-state index contributed by atoms with van der Waals surface area (Å²) in [6.45, 7) is 6.87. The minimum absolute atomic E-state index is 0.379. The van der Waals surface area contributed by atoms with Gasteiger partial charge in [0, 0.05) is 4.70 Å². The highest BCUT2D eigenvalue weighted by molar-refractivity contribution is 7.17. The van der Waals surface area contributed by atoms with Crippen molar-refractivity contribution in [2.45, 2.75) is 27.2 Å². The van der Waals surface area contributed by atoms with Gasteiger partial charge in [-0.2, -0.15) is 0 Å². The van der Waals surface area contributed by atoms with Crippen molar-refractivity contribution < 1.29 is 0 Å². The average Bonchev–Trinajstić information content (AvgIpc) is 2.47. The van der Waals surface area contributed by atoms with Crippen LogP contribution in [0.15, 0.2) is 29.6 Å². The molecule has 0 atom stereocenters. The monoisotopic (exact) mass is 204 g/mol. The molecule has 0 bridgehead atoms. The van der Waals surface area contributed by atoms with Crippen molar-refractivity contribution in [2.75, 3.05) is 0 Å². The molecule has 74 valence electrons. The number of hydrogen-bond donors (Lipinski definition) is 0. The Morgan fingerprint density at radius 2 is 1.86 bits per heavy atom. The SMILES string of the molecule is CC(C)(C)Cc1csc2ccccc12. The molecular formula is C13H16S. The lowest BCUT2D eigenvalue weighted by Crippen LogP contribution is -2.08. The number of benzene rings is 1. The molecule has 0 aliphatic carbocycles. The zero-order valence-corrected chi connectivity index (χ0v) is 9.82. The summed E-state index contributed by atoms with van der Waals surface area (Å²) in [5.41, 5.74) is 1.88. The number of rotatable bonds is 1. The molecule has 2 aromatic rings. The van der Waals surface area contributed by atoms with Crippen LogP contribution in [0.4, 0.5) is 0 Å². The van der Waals surface area contributed by atoms with Crippen LogP contribution in [0.5, 0.6) is 0 Å². The van der Waals surface area contributed by atoms with Crippen molar-refractivity contribution in [3.8, 4) is 0 Å². The van der Waals surface area contributed by atoms with E-state index in [-0.39, 0.29) is 0 Å². The van der Waals surface area contributed by atoms with E-state index in [2.05, 4.69) is 50.4 Å². The fraction of sp³-hybridized carbons (Fsp3) is 0.385. The molecule has 0 spiro atoms. The van der Waals surface area contributed by atoms with Crippen LogP contribution in [0.1, 0.15) is 26.3 Å². The van der Waals surface area contributed by atoms with Crippen LogP contribution in [0, 0.1) is 5.41 Å². The predicted molar refractivity (Wildman–Crippen MR) is 65.0 cm³/mol. The molecule has 1 heterocycles. The molecule has 0 amide bonds. The predicted octanol–water partition coefficient (Wildman–Crippen LogP) is 4.49. The van der Waals surface area contributed by atoms with Gasteiger partial charge in [-0.15, -0.1) is 11.3 Å². The van der Waals surface area contributed by atoms with Crippen LogP contribution in [-0.4, -0.2) is 0 Å². The van der Waals surface area contributed by atoms with Gasteiger partial charge < -0.3 is 0 Å². The Kier molecular flexibility index (Phi) is 2.36. The van der Waals surface area contributed by atoms with E-state index in [9.17, 15) is 0 Å². The lowest BCUT2D eigenvalue weighted by molar-refractivity contribution is 0.413. The zero-order valence-electron chi connectivity index (χ0n) is 9.00. The summed E-state index contributed by atoms with van der Waals surface area (Å²) in [5, 5.41) is 3.74. The molecule has 2 rings (SSSR count). The van der Waals surface area contributed by atoms with Crippen molar-refractivity contribution >= 4 is 21.4 Å². The molecule has 0 saturated carbocycles. The van der Waals surface area contributed by atoms with E-state index in [1.807, 2.05) is 11.3 Å². The van der Waals surface area contributed by atoms with E-state index in [1.165, 1.54) is 15.6 Å². The maximum atomic E-state index is 2.30. The first-order chi connectivity index (χ1) is 6.56. The summed E-state index contributed by atoms with van der Waals surface area (Å²) in [6.07, 6.45) is 1.16. The second kappa shape index (κ2) is 3.39. The van der Waals surface area contributed by atoms with Gasteiger partial charge in [0.1, 0.15) is 0 Å². The van der Waals surface area contributed by atoms with Gasteiger partial charge in [0.15, 0.2) is 0 Å². The third-order valence-electron chi connectivity index (χ3n) is 2.28. The smallest absolute Gasteiger partial charge is 0.0345 e. The Bertz CT molecular complexity index is 432. The fourth-order valence-corrected chi connectivity index (χ4v) is 2.70. The van der Waals surface area contributed by atoms with E-state index >= 15 is 0 Å². The Balaban J connectivity index is 2.44. The first-order valence-corrected chi connectivity index (χ1v) is 5.89. The minimum atomic E-state index is 0.379. The molecule has 0 nitrogen and oxygen atoms in total. The normalized spacial score (nSPS) is 12.2. The molecule has 1 aromatic heterocycles. The molecule has 0 radical (unpaired) electrons. The van der Waals surface area contributed by atoms with E-state index in [1.54, 1.807) is 0 Å². The fourth-order valence-electron chi connectivity index (χ4n) is 1.74. The number of hydrogen-bond acceptors (Lipinski definition) is 1. The maximum Gasteiger partial charge on any atom is 0.0345 e. The number of fused-ring (bicyclic) bond motifs is 1. The van der Waals surface area contributed by atoms with Gasteiger partial charge in [-0.25, -0.2) is 0 Å². The Labute approximate surface area is 89.6 Å². The van der Waals surface area contributed by atoms with E-state index in [4.69, 9.17) is 0 Å². The molecule has 0 N–H and O–H groups in total. The van der Waals surface area contributed by atoms with Crippen LogP contribution in [0.2, 0.25) is 0 Å². The second-order valence-electron chi connectivity index (χ2n) is 4.99. The van der Waals surface area contributed by atoms with Gasteiger partial charge in [-0.05, 0) is 34.2 Å². The van der Waals surface area contributed by atoms with Crippen molar-refractivity contribution in [1.29, 1.82) is 0 Å². The molecule has 1 aromatic carbocycles. The van der Waals surface area contributed by atoms with Gasteiger partial charge in [0.05, 0.1) is 0 Å². The summed E-state index contributed by atoms with van der Waals surface area (Å²) in [7, 11) is 0. The third kappa shape index (κ3) is 1.98. The number of thiophene rings is 1. The van der Waals surface area contributed by atoms with Crippen molar-refractivity contribution in [2.24, 2.45) is 5.41 Å². The molecule has 0 aliphatic rings. The van der Waals surface area contributed by atoms with Gasteiger partial charge in [-0.1, -0.05) is 39.0 Å². The largest absolute Gasteiger partial charge is 0.144 e. The minimum Gasteiger partial charge on any atom is -0.144 e. The highest BCUT2D eigenvalue weighted by Gasteiger charge is 2.13. The Morgan fingerprint density at radius 3 is 2.57 bits per heavy atom. The first kappa shape index (κ1) is 9.72. The van der Waals surface area contributed by atoms with E-state index in [0.29, 0.717) is 5.41 Å². The van der Waals surface area contributed by atoms with Crippen molar-refractivity contribution in [3.05, 3.63) is 35.2 Å². The second-order valence-corrected chi connectivity index (χ2v) is 5.91. The Morgan fingerprint density at radius 1 is 1.14 bits per heavy atom. The molecule has 0 unspecified atom stereocenters.